The van der Waals surface area contributed by atoms with Crippen molar-refractivity contribution in [3.8, 4) is 0 Å². The van der Waals surface area contributed by atoms with Gasteiger partial charge in [0.25, 0.3) is 0 Å². The van der Waals surface area contributed by atoms with Crippen molar-refractivity contribution in [2.75, 3.05) is 7.11 Å². The van der Waals surface area contributed by atoms with Crippen LogP contribution >= 0.6 is 0 Å². The fourth-order valence-electron chi connectivity index (χ4n) is 2.54. The Kier molecular flexibility index (Phi) is 3.58. The molecule has 1 saturated carbocycles. The van der Waals surface area contributed by atoms with Gasteiger partial charge in [0.05, 0.1) is 12.7 Å². The van der Waals surface area contributed by atoms with Gasteiger partial charge in [-0.1, -0.05) is 18.2 Å². The maximum atomic E-state index is 13.2. The summed E-state index contributed by atoms with van der Waals surface area (Å²) in [6.07, 6.45) is -0.181. The van der Waals surface area contributed by atoms with Gasteiger partial charge >= 0.3 is 5.97 Å². The lowest BCUT2D eigenvalue weighted by Crippen LogP contribution is -2.44. The second-order valence-corrected chi connectivity index (χ2v) is 5.05. The van der Waals surface area contributed by atoms with Gasteiger partial charge in [0.2, 0.25) is 5.92 Å². The summed E-state index contributed by atoms with van der Waals surface area (Å²) in [5.41, 5.74) is 6.32. The van der Waals surface area contributed by atoms with Crippen LogP contribution in [0.15, 0.2) is 24.3 Å². The largest absolute Gasteiger partial charge is 0.465 e. The van der Waals surface area contributed by atoms with Crippen LogP contribution < -0.4 is 5.73 Å². The summed E-state index contributed by atoms with van der Waals surface area (Å²) in [7, 11) is 1.29. The lowest BCUT2D eigenvalue weighted by Gasteiger charge is -2.38. The van der Waals surface area contributed by atoms with Crippen molar-refractivity contribution in [1.29, 1.82) is 0 Å². The number of carbonyl (C=O) groups excluding carboxylic acids is 1. The van der Waals surface area contributed by atoms with Crippen LogP contribution in [0, 0.1) is 0 Å². The second kappa shape index (κ2) is 4.89. The van der Waals surface area contributed by atoms with E-state index in [1.807, 2.05) is 0 Å². The molecule has 0 amide bonds. The Morgan fingerprint density at radius 1 is 1.21 bits per heavy atom. The molecule has 104 valence electrons. The van der Waals surface area contributed by atoms with Gasteiger partial charge in [0.1, 0.15) is 0 Å². The Balaban J connectivity index is 2.34. The molecular formula is C14H17F2NO2. The molecule has 0 saturated heterocycles. The van der Waals surface area contributed by atoms with Crippen LogP contribution in [-0.2, 0) is 10.3 Å². The number of methoxy groups -OCH3 is 1. The summed E-state index contributed by atoms with van der Waals surface area (Å²) in [5, 5.41) is 0. The first-order chi connectivity index (χ1) is 8.88. The Morgan fingerprint density at radius 2 is 1.79 bits per heavy atom. The van der Waals surface area contributed by atoms with Crippen molar-refractivity contribution < 1.29 is 18.3 Å². The van der Waals surface area contributed by atoms with Gasteiger partial charge in [-0.15, -0.1) is 0 Å². The smallest absolute Gasteiger partial charge is 0.338 e. The van der Waals surface area contributed by atoms with Gasteiger partial charge in [-0.05, 0) is 24.5 Å². The Morgan fingerprint density at radius 3 is 2.37 bits per heavy atom. The molecule has 3 nitrogen and oxygen atoms in total. The topological polar surface area (TPSA) is 52.3 Å². The van der Waals surface area contributed by atoms with E-state index in [9.17, 15) is 13.6 Å². The number of rotatable bonds is 2. The number of hydrogen-bond acceptors (Lipinski definition) is 3. The zero-order valence-corrected chi connectivity index (χ0v) is 10.8. The maximum absolute atomic E-state index is 13.2. The third kappa shape index (κ3) is 2.76. The molecule has 1 aliphatic carbocycles. The molecule has 0 aromatic heterocycles. The molecular weight excluding hydrogens is 252 g/mol. The zero-order chi connectivity index (χ0) is 14.1. The Bertz CT molecular complexity index is 478. The molecule has 1 fully saturated rings. The molecule has 0 heterocycles. The average Bonchev–Trinajstić information content (AvgIpc) is 2.42. The molecule has 0 aliphatic heterocycles. The highest BCUT2D eigenvalue weighted by Crippen LogP contribution is 2.43. The number of carbonyl (C=O) groups is 1. The molecule has 1 aromatic rings. The van der Waals surface area contributed by atoms with E-state index in [2.05, 4.69) is 0 Å². The number of benzene rings is 1. The predicted octanol–water partition coefficient (Wildman–Crippen LogP) is 2.84. The van der Waals surface area contributed by atoms with Crippen LogP contribution in [0.4, 0.5) is 8.78 Å². The van der Waals surface area contributed by atoms with Crippen LogP contribution in [-0.4, -0.2) is 19.0 Å². The summed E-state index contributed by atoms with van der Waals surface area (Å²) in [6, 6.07) is 6.79. The monoisotopic (exact) mass is 269 g/mol. The zero-order valence-electron chi connectivity index (χ0n) is 10.8. The van der Waals surface area contributed by atoms with Crippen LogP contribution in [0.2, 0.25) is 0 Å². The quantitative estimate of drug-likeness (QED) is 0.840. The van der Waals surface area contributed by atoms with E-state index in [1.54, 1.807) is 24.3 Å². The third-order valence-electron chi connectivity index (χ3n) is 3.74. The molecule has 19 heavy (non-hydrogen) atoms. The predicted molar refractivity (Wildman–Crippen MR) is 67.1 cm³/mol. The Labute approximate surface area is 110 Å². The van der Waals surface area contributed by atoms with E-state index in [0.717, 1.165) is 0 Å². The average molecular weight is 269 g/mol. The standard InChI is InChI=1S/C14H17F2NO2/c1-19-12(18)10-4-2-3-5-11(10)13(17)6-8-14(15,16)9-7-13/h2-5H,6-9,17H2,1H3. The van der Waals surface area contributed by atoms with E-state index in [1.165, 1.54) is 7.11 Å². The lowest BCUT2D eigenvalue weighted by molar-refractivity contribution is -0.0514. The molecule has 2 N–H and O–H groups in total. The van der Waals surface area contributed by atoms with Crippen molar-refractivity contribution in [3.63, 3.8) is 0 Å². The van der Waals surface area contributed by atoms with Crippen molar-refractivity contribution in [2.45, 2.75) is 37.1 Å². The first kappa shape index (κ1) is 13.9. The van der Waals surface area contributed by atoms with Gasteiger partial charge in [0.15, 0.2) is 0 Å². The SMILES string of the molecule is COC(=O)c1ccccc1C1(N)CCC(F)(F)CC1. The fourth-order valence-corrected chi connectivity index (χ4v) is 2.54. The van der Waals surface area contributed by atoms with E-state index < -0.39 is 17.4 Å². The summed E-state index contributed by atoms with van der Waals surface area (Å²) in [4.78, 5) is 11.7. The number of esters is 1. The summed E-state index contributed by atoms with van der Waals surface area (Å²) < 4.78 is 31.2. The van der Waals surface area contributed by atoms with E-state index in [4.69, 9.17) is 10.5 Å². The van der Waals surface area contributed by atoms with Crippen LogP contribution in [0.25, 0.3) is 0 Å². The van der Waals surface area contributed by atoms with Crippen molar-refractivity contribution in [1.82, 2.24) is 0 Å². The molecule has 0 bridgehead atoms. The first-order valence-corrected chi connectivity index (χ1v) is 6.22. The molecule has 1 aromatic carbocycles. The summed E-state index contributed by atoms with van der Waals surface area (Å²) >= 11 is 0. The van der Waals surface area contributed by atoms with E-state index in [0.29, 0.717) is 11.1 Å². The van der Waals surface area contributed by atoms with Gasteiger partial charge in [-0.25, -0.2) is 13.6 Å². The molecule has 0 spiro atoms. The molecule has 0 radical (unpaired) electrons. The first-order valence-electron chi connectivity index (χ1n) is 6.22. The normalized spacial score (nSPS) is 20.8. The highest BCUT2D eigenvalue weighted by molar-refractivity contribution is 5.91. The van der Waals surface area contributed by atoms with Crippen LogP contribution in [0.5, 0.6) is 0 Å². The Hall–Kier alpha value is -1.49. The second-order valence-electron chi connectivity index (χ2n) is 5.05. The number of ether oxygens (including phenoxy) is 1. The van der Waals surface area contributed by atoms with Gasteiger partial charge in [0, 0.05) is 18.4 Å². The number of halogens is 2. The number of hydrogen-bond donors (Lipinski definition) is 1. The fraction of sp³-hybridized carbons (Fsp3) is 0.500. The van der Waals surface area contributed by atoms with Crippen molar-refractivity contribution >= 4 is 5.97 Å². The van der Waals surface area contributed by atoms with Gasteiger partial charge in [-0.3, -0.25) is 0 Å². The molecule has 5 heteroatoms. The highest BCUT2D eigenvalue weighted by atomic mass is 19.3. The van der Waals surface area contributed by atoms with Gasteiger partial charge < -0.3 is 10.5 Å². The lowest BCUT2D eigenvalue weighted by atomic mass is 9.74. The highest BCUT2D eigenvalue weighted by Gasteiger charge is 2.43. The number of alkyl halides is 2. The summed E-state index contributed by atoms with van der Waals surface area (Å²) in [5.74, 6) is -3.14. The van der Waals surface area contributed by atoms with Crippen molar-refractivity contribution in [3.05, 3.63) is 35.4 Å². The minimum Gasteiger partial charge on any atom is -0.465 e. The number of nitrogens with two attached hydrogens (primary N) is 1. The molecule has 0 atom stereocenters. The van der Waals surface area contributed by atoms with Gasteiger partial charge in [-0.2, -0.15) is 0 Å². The van der Waals surface area contributed by atoms with Crippen LogP contribution in [0.3, 0.4) is 0 Å². The van der Waals surface area contributed by atoms with E-state index in [-0.39, 0.29) is 25.7 Å². The third-order valence-corrected chi connectivity index (χ3v) is 3.74. The minimum absolute atomic E-state index is 0.161. The molecule has 2 rings (SSSR count). The minimum atomic E-state index is -2.65. The molecule has 1 aliphatic rings. The maximum Gasteiger partial charge on any atom is 0.338 e. The van der Waals surface area contributed by atoms with Crippen LogP contribution in [0.1, 0.15) is 41.6 Å². The molecule has 0 unspecified atom stereocenters. The van der Waals surface area contributed by atoms with Crippen molar-refractivity contribution in [2.24, 2.45) is 5.73 Å². The summed E-state index contributed by atoms with van der Waals surface area (Å²) in [6.45, 7) is 0. The van der Waals surface area contributed by atoms with E-state index >= 15 is 0 Å².